The van der Waals surface area contributed by atoms with Gasteiger partial charge in [-0.3, -0.25) is 9.59 Å². The molecule has 0 fully saturated rings. The number of hydrogen-bond acceptors (Lipinski definition) is 6. The number of ether oxygens (including phenoxy) is 2. The molecule has 2 aromatic carbocycles. The summed E-state index contributed by atoms with van der Waals surface area (Å²) in [7, 11) is 1.56. The van der Waals surface area contributed by atoms with Gasteiger partial charge < -0.3 is 19.8 Å². The summed E-state index contributed by atoms with van der Waals surface area (Å²) >= 11 is 7.56. The summed E-state index contributed by atoms with van der Waals surface area (Å²) in [5.41, 5.74) is 1.86. The van der Waals surface area contributed by atoms with Gasteiger partial charge in [-0.05, 0) is 36.2 Å². The summed E-state index contributed by atoms with van der Waals surface area (Å²) in [6, 6.07) is 12.9. The summed E-state index contributed by atoms with van der Waals surface area (Å²) in [6.45, 7) is 2.39. The second-order valence-corrected chi connectivity index (χ2v) is 8.53. The molecule has 0 radical (unpaired) electrons. The summed E-state index contributed by atoms with van der Waals surface area (Å²) in [6.07, 6.45) is 0.140. The highest BCUT2D eigenvalue weighted by Crippen LogP contribution is 2.38. The van der Waals surface area contributed by atoms with Crippen LogP contribution in [0.4, 0.5) is 5.82 Å². The Morgan fingerprint density at radius 3 is 2.75 bits per heavy atom. The summed E-state index contributed by atoms with van der Waals surface area (Å²) in [4.78, 5) is 32.8. The van der Waals surface area contributed by atoms with Gasteiger partial charge in [-0.2, -0.15) is 0 Å². The Morgan fingerprint density at radius 2 is 2.00 bits per heavy atom. The third kappa shape index (κ3) is 4.61. The number of methoxy groups -OCH3 is 1. The molecule has 2 heterocycles. The number of nitrogens with one attached hydrogen (secondary N) is 2. The molecule has 7 nitrogen and oxygen atoms in total. The monoisotopic (exact) mass is 471 g/mol. The first kappa shape index (κ1) is 22.2. The molecule has 0 aliphatic carbocycles. The van der Waals surface area contributed by atoms with Crippen LogP contribution in [0.15, 0.2) is 52.4 Å². The van der Waals surface area contributed by atoms with Gasteiger partial charge in [0.05, 0.1) is 19.3 Å². The number of amides is 1. The number of thioether (sulfide) groups is 1. The quantitative estimate of drug-likeness (QED) is 0.386. The zero-order chi connectivity index (χ0) is 22.7. The normalized spacial score (nSPS) is 15.1. The molecule has 166 valence electrons. The van der Waals surface area contributed by atoms with E-state index < -0.39 is 5.92 Å². The maximum atomic E-state index is 13.0. The van der Waals surface area contributed by atoms with E-state index in [9.17, 15) is 9.59 Å². The number of H-pyrrole nitrogens is 1. The number of halogens is 1. The van der Waals surface area contributed by atoms with Crippen molar-refractivity contribution in [2.75, 3.05) is 19.0 Å². The van der Waals surface area contributed by atoms with Gasteiger partial charge in [0, 0.05) is 23.1 Å². The molecule has 1 aliphatic rings. The molecule has 1 aliphatic heterocycles. The highest BCUT2D eigenvalue weighted by Gasteiger charge is 2.31. The van der Waals surface area contributed by atoms with Crippen LogP contribution in [0.2, 0.25) is 5.02 Å². The van der Waals surface area contributed by atoms with E-state index in [1.807, 2.05) is 37.3 Å². The molecule has 0 spiro atoms. The fraction of sp³-hybridized carbons (Fsp3) is 0.261. The molecule has 3 aromatic rings. The van der Waals surface area contributed by atoms with Crippen molar-refractivity contribution in [3.05, 3.63) is 74.5 Å². The van der Waals surface area contributed by atoms with E-state index in [4.69, 9.17) is 21.1 Å². The van der Waals surface area contributed by atoms with Gasteiger partial charge in [0.1, 0.15) is 5.82 Å². The second-order valence-electron chi connectivity index (χ2n) is 7.16. The summed E-state index contributed by atoms with van der Waals surface area (Å²) in [5.74, 6) is 1.34. The van der Waals surface area contributed by atoms with E-state index in [0.717, 1.165) is 11.1 Å². The molecule has 4 rings (SSSR count). The van der Waals surface area contributed by atoms with Crippen LogP contribution in [0.3, 0.4) is 0 Å². The Morgan fingerprint density at radius 1 is 1.19 bits per heavy atom. The van der Waals surface area contributed by atoms with Gasteiger partial charge in [0.25, 0.3) is 5.56 Å². The fourth-order valence-corrected chi connectivity index (χ4v) is 4.79. The van der Waals surface area contributed by atoms with Gasteiger partial charge in [-0.15, -0.1) is 0 Å². The van der Waals surface area contributed by atoms with Gasteiger partial charge in [-0.1, -0.05) is 47.6 Å². The zero-order valence-corrected chi connectivity index (χ0v) is 19.2. The number of anilines is 1. The minimum absolute atomic E-state index is 0.140. The van der Waals surface area contributed by atoms with Gasteiger partial charge in [0.2, 0.25) is 5.91 Å². The van der Waals surface area contributed by atoms with E-state index >= 15 is 0 Å². The van der Waals surface area contributed by atoms with Gasteiger partial charge >= 0.3 is 0 Å². The molecule has 0 saturated carbocycles. The van der Waals surface area contributed by atoms with E-state index in [0.29, 0.717) is 39.6 Å². The number of benzene rings is 2. The minimum atomic E-state index is -0.442. The Labute approximate surface area is 194 Å². The van der Waals surface area contributed by atoms with E-state index in [-0.39, 0.29) is 23.7 Å². The van der Waals surface area contributed by atoms with Crippen molar-refractivity contribution in [1.29, 1.82) is 0 Å². The maximum absolute atomic E-state index is 13.0. The molecule has 1 atom stereocenters. The van der Waals surface area contributed by atoms with Crippen LogP contribution in [-0.2, 0) is 10.5 Å². The first-order valence-electron chi connectivity index (χ1n) is 10.1. The third-order valence-electron chi connectivity index (χ3n) is 5.14. The lowest BCUT2D eigenvalue weighted by molar-refractivity contribution is -0.116. The number of fused-ring (bicyclic) bond motifs is 1. The number of nitrogens with zero attached hydrogens (tertiary/aromatic N) is 1. The molecule has 32 heavy (non-hydrogen) atoms. The molecule has 0 bridgehead atoms. The molecular formula is C23H22ClN3O4S. The lowest BCUT2D eigenvalue weighted by Crippen LogP contribution is -2.31. The predicted molar refractivity (Wildman–Crippen MR) is 125 cm³/mol. The average molecular weight is 472 g/mol. The van der Waals surface area contributed by atoms with Crippen molar-refractivity contribution in [2.45, 2.75) is 30.2 Å². The lowest BCUT2D eigenvalue weighted by Gasteiger charge is -2.25. The maximum Gasteiger partial charge on any atom is 0.257 e. The number of hydrogen-bond donors (Lipinski definition) is 2. The Bertz CT molecular complexity index is 1210. The van der Waals surface area contributed by atoms with Gasteiger partial charge in [0.15, 0.2) is 16.7 Å². The van der Waals surface area contributed by atoms with Crippen molar-refractivity contribution < 1.29 is 14.3 Å². The molecule has 0 unspecified atom stereocenters. The SMILES string of the molecule is CCOc1ccc([C@H]2CC(=O)Nc3nc(SCc4ccccc4Cl)[nH]c(=O)c32)cc1OC. The second kappa shape index (κ2) is 9.67. The van der Waals surface area contributed by atoms with Crippen LogP contribution < -0.4 is 20.3 Å². The largest absolute Gasteiger partial charge is 0.493 e. The fourth-order valence-electron chi connectivity index (χ4n) is 3.64. The standard InChI is InChI=1S/C23H22ClN3O4S/c1-3-31-17-9-8-13(10-18(17)30-2)15-11-19(28)25-21-20(15)22(29)27-23(26-21)32-12-14-6-4-5-7-16(14)24/h4-10,15H,3,11-12H2,1-2H3,(H2,25,26,27,28,29)/t15-/m1/s1. The molecule has 1 amide bonds. The minimum Gasteiger partial charge on any atom is -0.493 e. The van der Waals surface area contributed by atoms with Crippen LogP contribution in [0.1, 0.15) is 36.0 Å². The first-order chi connectivity index (χ1) is 15.5. The molecule has 1 aromatic heterocycles. The van der Waals surface area contributed by atoms with Crippen LogP contribution in [-0.4, -0.2) is 29.6 Å². The molecule has 9 heteroatoms. The average Bonchev–Trinajstić information content (AvgIpc) is 2.78. The van der Waals surface area contributed by atoms with Crippen LogP contribution in [0.5, 0.6) is 11.5 Å². The van der Waals surface area contributed by atoms with Crippen LogP contribution >= 0.6 is 23.4 Å². The van der Waals surface area contributed by atoms with Crippen molar-refractivity contribution in [3.8, 4) is 11.5 Å². The number of carbonyl (C=O) groups is 1. The van der Waals surface area contributed by atoms with Gasteiger partial charge in [-0.25, -0.2) is 4.98 Å². The van der Waals surface area contributed by atoms with Crippen LogP contribution in [0, 0.1) is 0 Å². The zero-order valence-electron chi connectivity index (χ0n) is 17.6. The Balaban J connectivity index is 1.66. The predicted octanol–water partition coefficient (Wildman–Crippen LogP) is 4.60. The Hall–Kier alpha value is -2.97. The smallest absolute Gasteiger partial charge is 0.257 e. The van der Waals surface area contributed by atoms with Crippen LogP contribution in [0.25, 0.3) is 0 Å². The number of aromatic nitrogens is 2. The molecule has 0 saturated heterocycles. The lowest BCUT2D eigenvalue weighted by atomic mass is 9.86. The van der Waals surface area contributed by atoms with Crippen molar-refractivity contribution >= 4 is 35.1 Å². The highest BCUT2D eigenvalue weighted by atomic mass is 35.5. The first-order valence-corrected chi connectivity index (χ1v) is 11.5. The number of carbonyl (C=O) groups excluding carboxylic acids is 1. The van der Waals surface area contributed by atoms with E-state index in [1.165, 1.54) is 11.8 Å². The summed E-state index contributed by atoms with van der Waals surface area (Å²) in [5, 5.41) is 3.81. The highest BCUT2D eigenvalue weighted by molar-refractivity contribution is 7.98. The van der Waals surface area contributed by atoms with Crippen molar-refractivity contribution in [3.63, 3.8) is 0 Å². The van der Waals surface area contributed by atoms with E-state index in [2.05, 4.69) is 15.3 Å². The van der Waals surface area contributed by atoms with Crippen molar-refractivity contribution in [2.24, 2.45) is 0 Å². The van der Waals surface area contributed by atoms with E-state index in [1.54, 1.807) is 19.2 Å². The number of rotatable bonds is 7. The molecule has 2 N–H and O–H groups in total. The molecular weight excluding hydrogens is 450 g/mol. The Kier molecular flexibility index (Phi) is 6.72. The third-order valence-corrected chi connectivity index (χ3v) is 6.43. The van der Waals surface area contributed by atoms with Crippen molar-refractivity contribution in [1.82, 2.24) is 9.97 Å². The number of aromatic amines is 1. The topological polar surface area (TPSA) is 93.3 Å². The summed E-state index contributed by atoms with van der Waals surface area (Å²) < 4.78 is 11.0.